The van der Waals surface area contributed by atoms with Crippen LogP contribution in [-0.2, 0) is 11.2 Å². The smallest absolute Gasteiger partial charge is 0.312 e. The van der Waals surface area contributed by atoms with E-state index in [9.17, 15) is 14.7 Å². The molecule has 3 atom stereocenters. The van der Waals surface area contributed by atoms with Crippen LogP contribution in [-0.4, -0.2) is 34.0 Å². The van der Waals surface area contributed by atoms with Crippen molar-refractivity contribution < 1.29 is 14.7 Å². The minimum absolute atomic E-state index is 0.0139. The third-order valence-corrected chi connectivity index (χ3v) is 6.21. The predicted octanol–water partition coefficient (Wildman–Crippen LogP) is 3.44. The normalized spacial score (nSPS) is 28.2. The molecule has 2 fully saturated rings. The Hall–Kier alpha value is -2.14. The average molecular weight is 341 g/mol. The van der Waals surface area contributed by atoms with Gasteiger partial charge in [0, 0.05) is 17.5 Å². The Morgan fingerprint density at radius 3 is 2.67 bits per heavy atom. The average Bonchev–Trinajstić information content (AvgIpc) is 3.30. The number of benzene rings is 1. The van der Waals surface area contributed by atoms with E-state index in [-0.39, 0.29) is 18.0 Å². The molecule has 3 heterocycles. The van der Waals surface area contributed by atoms with Crippen LogP contribution in [0.4, 0.5) is 0 Å². The number of hydrogen-bond acceptors (Lipinski definition) is 3. The molecule has 0 radical (unpaired) electrons. The van der Waals surface area contributed by atoms with Gasteiger partial charge in [-0.1, -0.05) is 30.3 Å². The molecule has 1 aromatic heterocycles. The van der Waals surface area contributed by atoms with Crippen molar-refractivity contribution in [2.75, 3.05) is 0 Å². The minimum Gasteiger partial charge on any atom is -0.481 e. The molecule has 0 unspecified atom stereocenters. The molecule has 4 nitrogen and oxygen atoms in total. The van der Waals surface area contributed by atoms with Gasteiger partial charge in [0.1, 0.15) is 0 Å². The molecule has 4 rings (SSSR count). The first kappa shape index (κ1) is 15.4. The lowest BCUT2D eigenvalue weighted by atomic mass is 9.70. The molecule has 2 aliphatic heterocycles. The van der Waals surface area contributed by atoms with Crippen molar-refractivity contribution in [2.24, 2.45) is 5.41 Å². The fraction of sp³-hybridized carbons (Fsp3) is 0.368. The molecule has 0 aliphatic carbocycles. The maximum Gasteiger partial charge on any atom is 0.312 e. The Bertz CT molecular complexity index is 758. The number of carbonyl (C=O) groups excluding carboxylic acids is 1. The fourth-order valence-corrected chi connectivity index (χ4v) is 5.11. The van der Waals surface area contributed by atoms with Crippen molar-refractivity contribution in [3.8, 4) is 0 Å². The van der Waals surface area contributed by atoms with Crippen LogP contribution < -0.4 is 0 Å². The highest BCUT2D eigenvalue weighted by Crippen LogP contribution is 2.52. The van der Waals surface area contributed by atoms with E-state index in [1.165, 1.54) is 11.3 Å². The SMILES string of the molecule is O=C(c1ccsc1)N1[C@H]2CC[C@@H]1[C@](Cc1ccccc1)(C(=O)O)C2. The Morgan fingerprint density at radius 1 is 1.21 bits per heavy atom. The first-order valence-corrected chi connectivity index (χ1v) is 9.18. The standard InChI is InChI=1S/C19H19NO3S/c21-17(14-8-9-24-12-14)20-15-6-7-16(20)19(11-15,18(22)23)10-13-4-2-1-3-5-13/h1-5,8-9,12,15-16H,6-7,10-11H2,(H,22,23)/t15-,16+,19+/m0/s1. The van der Waals surface area contributed by atoms with Crippen LogP contribution in [0.3, 0.4) is 0 Å². The highest BCUT2D eigenvalue weighted by molar-refractivity contribution is 7.08. The summed E-state index contributed by atoms with van der Waals surface area (Å²) in [6.45, 7) is 0. The molecule has 1 amide bonds. The summed E-state index contributed by atoms with van der Waals surface area (Å²) >= 11 is 1.49. The summed E-state index contributed by atoms with van der Waals surface area (Å²) in [5.41, 5.74) is 0.837. The highest BCUT2D eigenvalue weighted by atomic mass is 32.1. The lowest BCUT2D eigenvalue weighted by Crippen LogP contribution is -2.46. The molecule has 24 heavy (non-hydrogen) atoms. The number of rotatable bonds is 4. The minimum atomic E-state index is -0.865. The van der Waals surface area contributed by atoms with Crippen molar-refractivity contribution in [1.82, 2.24) is 4.90 Å². The van der Waals surface area contributed by atoms with Crippen molar-refractivity contribution in [2.45, 2.75) is 37.8 Å². The molecule has 0 spiro atoms. The first-order chi connectivity index (χ1) is 11.6. The number of fused-ring (bicyclic) bond motifs is 2. The summed E-state index contributed by atoms with van der Waals surface area (Å²) in [7, 11) is 0. The maximum absolute atomic E-state index is 12.9. The van der Waals surface area contributed by atoms with E-state index in [4.69, 9.17) is 0 Å². The molecule has 2 bridgehead atoms. The van der Waals surface area contributed by atoms with Gasteiger partial charge in [0.25, 0.3) is 5.91 Å². The maximum atomic E-state index is 12.9. The second-order valence-corrected chi connectivity index (χ2v) is 7.58. The van der Waals surface area contributed by atoms with Crippen molar-refractivity contribution in [3.63, 3.8) is 0 Å². The number of carbonyl (C=O) groups is 2. The number of thiophene rings is 1. The number of carboxylic acid groups (broad SMARTS) is 1. The number of carboxylic acids is 1. The Morgan fingerprint density at radius 2 is 2.00 bits per heavy atom. The molecule has 2 aliphatic rings. The van der Waals surface area contributed by atoms with Crippen LogP contribution in [0.15, 0.2) is 47.2 Å². The molecule has 0 saturated carbocycles. The zero-order valence-corrected chi connectivity index (χ0v) is 14.0. The van der Waals surface area contributed by atoms with Crippen LogP contribution in [0.5, 0.6) is 0 Å². The number of aliphatic carboxylic acids is 1. The summed E-state index contributed by atoms with van der Waals surface area (Å²) in [6.07, 6.45) is 2.72. The molecule has 1 aromatic carbocycles. The second-order valence-electron chi connectivity index (χ2n) is 6.80. The van der Waals surface area contributed by atoms with E-state index < -0.39 is 11.4 Å². The van der Waals surface area contributed by atoms with Gasteiger partial charge in [-0.3, -0.25) is 9.59 Å². The number of hydrogen-bond donors (Lipinski definition) is 1. The van der Waals surface area contributed by atoms with Gasteiger partial charge in [-0.15, -0.1) is 0 Å². The molecular formula is C19H19NO3S. The van der Waals surface area contributed by atoms with Crippen LogP contribution in [0.1, 0.15) is 35.2 Å². The first-order valence-electron chi connectivity index (χ1n) is 8.24. The Kier molecular flexibility index (Phi) is 3.68. The van der Waals surface area contributed by atoms with E-state index >= 15 is 0 Å². The lowest BCUT2D eigenvalue weighted by molar-refractivity contribution is -0.150. The predicted molar refractivity (Wildman–Crippen MR) is 92.1 cm³/mol. The van der Waals surface area contributed by atoms with Crippen molar-refractivity contribution in [1.29, 1.82) is 0 Å². The molecule has 1 N–H and O–H groups in total. The topological polar surface area (TPSA) is 57.6 Å². The van der Waals surface area contributed by atoms with Crippen LogP contribution in [0.2, 0.25) is 0 Å². The van der Waals surface area contributed by atoms with Crippen LogP contribution in [0, 0.1) is 5.41 Å². The lowest BCUT2D eigenvalue weighted by Gasteiger charge is -2.33. The van der Waals surface area contributed by atoms with E-state index in [0.717, 1.165) is 18.4 Å². The highest BCUT2D eigenvalue weighted by Gasteiger charge is 2.61. The Labute approximate surface area is 144 Å². The number of amides is 1. The van der Waals surface area contributed by atoms with Gasteiger partial charge in [0.05, 0.1) is 11.0 Å². The van der Waals surface area contributed by atoms with E-state index in [1.807, 2.05) is 52.1 Å². The molecule has 2 saturated heterocycles. The molecular weight excluding hydrogens is 322 g/mol. The summed E-state index contributed by atoms with van der Waals surface area (Å²) in [5.74, 6) is -0.790. The summed E-state index contributed by atoms with van der Waals surface area (Å²) in [6, 6.07) is 11.4. The van der Waals surface area contributed by atoms with Crippen LogP contribution >= 0.6 is 11.3 Å². The third kappa shape index (κ3) is 2.26. The molecule has 5 heteroatoms. The van der Waals surface area contributed by atoms with E-state index in [2.05, 4.69) is 0 Å². The van der Waals surface area contributed by atoms with Gasteiger partial charge in [0.2, 0.25) is 0 Å². The summed E-state index contributed by atoms with van der Waals surface area (Å²) in [4.78, 5) is 27.0. The largest absolute Gasteiger partial charge is 0.481 e. The van der Waals surface area contributed by atoms with Crippen molar-refractivity contribution >= 4 is 23.2 Å². The van der Waals surface area contributed by atoms with E-state index in [1.54, 1.807) is 0 Å². The third-order valence-electron chi connectivity index (χ3n) is 5.53. The van der Waals surface area contributed by atoms with E-state index in [0.29, 0.717) is 18.4 Å². The number of nitrogens with zero attached hydrogens (tertiary/aromatic N) is 1. The van der Waals surface area contributed by atoms with Gasteiger partial charge >= 0.3 is 5.97 Å². The van der Waals surface area contributed by atoms with Gasteiger partial charge in [-0.2, -0.15) is 11.3 Å². The quantitative estimate of drug-likeness (QED) is 0.927. The van der Waals surface area contributed by atoms with Gasteiger partial charge in [-0.25, -0.2) is 0 Å². The van der Waals surface area contributed by atoms with Crippen LogP contribution in [0.25, 0.3) is 0 Å². The monoisotopic (exact) mass is 341 g/mol. The fourth-order valence-electron chi connectivity index (χ4n) is 4.48. The summed E-state index contributed by atoms with van der Waals surface area (Å²) < 4.78 is 0. The Balaban J connectivity index is 1.68. The zero-order chi connectivity index (χ0) is 16.7. The zero-order valence-electron chi connectivity index (χ0n) is 13.2. The van der Waals surface area contributed by atoms with Gasteiger partial charge < -0.3 is 10.0 Å². The summed E-state index contributed by atoms with van der Waals surface area (Å²) in [5, 5.41) is 13.8. The van der Waals surface area contributed by atoms with Gasteiger partial charge in [0.15, 0.2) is 0 Å². The van der Waals surface area contributed by atoms with Gasteiger partial charge in [-0.05, 0) is 42.7 Å². The van der Waals surface area contributed by atoms with Crippen molar-refractivity contribution in [3.05, 3.63) is 58.3 Å². The molecule has 2 aromatic rings. The second kappa shape index (κ2) is 5.74. The molecule has 124 valence electrons.